The molecule has 0 saturated heterocycles. The molecule has 0 spiro atoms. The molecule has 0 heterocycles. The van der Waals surface area contributed by atoms with Crippen LogP contribution in [0.25, 0.3) is 10.8 Å². The van der Waals surface area contributed by atoms with Gasteiger partial charge in [0.15, 0.2) is 0 Å². The first-order chi connectivity index (χ1) is 13.4. The fourth-order valence-corrected chi connectivity index (χ4v) is 2.91. The summed E-state index contributed by atoms with van der Waals surface area (Å²) in [7, 11) is 0. The highest BCUT2D eigenvalue weighted by Gasteiger charge is 2.21. The summed E-state index contributed by atoms with van der Waals surface area (Å²) in [6.07, 6.45) is 0.148. The molecule has 0 aromatic heterocycles. The monoisotopic (exact) mass is 377 g/mol. The molecule has 0 radical (unpaired) electrons. The van der Waals surface area contributed by atoms with Crippen LogP contribution >= 0.6 is 0 Å². The fourth-order valence-electron chi connectivity index (χ4n) is 2.91. The van der Waals surface area contributed by atoms with Gasteiger partial charge < -0.3 is 15.2 Å². The third-order valence-corrected chi connectivity index (χ3v) is 4.21. The summed E-state index contributed by atoms with van der Waals surface area (Å²) in [5.74, 6) is -1.96. The van der Waals surface area contributed by atoms with E-state index in [1.807, 2.05) is 42.5 Å². The lowest BCUT2D eigenvalue weighted by atomic mass is 10.0. The Kier molecular flexibility index (Phi) is 5.69. The quantitative estimate of drug-likeness (QED) is 0.508. The predicted molar refractivity (Wildman–Crippen MR) is 104 cm³/mol. The van der Waals surface area contributed by atoms with E-state index in [2.05, 4.69) is 5.32 Å². The van der Waals surface area contributed by atoms with E-state index < -0.39 is 23.9 Å². The predicted octanol–water partition coefficient (Wildman–Crippen LogP) is 3.19. The number of carbonyl (C=O) groups excluding carboxylic acids is 2. The molecular formula is C22H19NO5. The smallest absolute Gasteiger partial charge is 0.326 e. The number of carbonyl (C=O) groups is 3. The first kappa shape index (κ1) is 19.1. The Bertz CT molecular complexity index is 1040. The normalized spacial score (nSPS) is 11.6. The summed E-state index contributed by atoms with van der Waals surface area (Å²) in [5.41, 5.74) is 1.02. The first-order valence-corrected chi connectivity index (χ1v) is 8.72. The van der Waals surface area contributed by atoms with Crippen molar-refractivity contribution in [1.29, 1.82) is 0 Å². The number of carboxylic acids is 1. The highest BCUT2D eigenvalue weighted by molar-refractivity contribution is 5.97. The molecule has 3 aromatic rings. The number of carboxylic acid groups (broad SMARTS) is 1. The third kappa shape index (κ3) is 4.73. The Labute approximate surface area is 161 Å². The van der Waals surface area contributed by atoms with E-state index >= 15 is 0 Å². The second kappa shape index (κ2) is 8.35. The molecule has 0 aliphatic rings. The molecular weight excluding hydrogens is 358 g/mol. The number of nitrogens with one attached hydrogen (secondary N) is 1. The van der Waals surface area contributed by atoms with Gasteiger partial charge in [-0.3, -0.25) is 9.59 Å². The molecule has 6 heteroatoms. The van der Waals surface area contributed by atoms with Crippen molar-refractivity contribution in [2.24, 2.45) is 0 Å². The number of ether oxygens (including phenoxy) is 1. The van der Waals surface area contributed by atoms with Crippen molar-refractivity contribution < 1.29 is 24.2 Å². The van der Waals surface area contributed by atoms with Crippen LogP contribution < -0.4 is 10.1 Å². The van der Waals surface area contributed by atoms with Gasteiger partial charge in [-0.05, 0) is 34.5 Å². The maximum atomic E-state index is 12.5. The molecule has 142 valence electrons. The highest BCUT2D eigenvalue weighted by Crippen LogP contribution is 2.17. The largest absolute Gasteiger partial charge is 0.480 e. The van der Waals surface area contributed by atoms with E-state index in [0.717, 1.165) is 16.3 Å². The van der Waals surface area contributed by atoms with Gasteiger partial charge in [0, 0.05) is 18.9 Å². The second-order valence-electron chi connectivity index (χ2n) is 6.37. The zero-order valence-corrected chi connectivity index (χ0v) is 15.2. The number of benzene rings is 3. The second-order valence-corrected chi connectivity index (χ2v) is 6.37. The molecule has 3 aromatic carbocycles. The Hall–Kier alpha value is -3.67. The minimum Gasteiger partial charge on any atom is -0.480 e. The lowest BCUT2D eigenvalue weighted by Gasteiger charge is -2.15. The Balaban J connectivity index is 1.76. The molecule has 3 rings (SSSR count). The highest BCUT2D eigenvalue weighted by atomic mass is 16.5. The lowest BCUT2D eigenvalue weighted by molar-refractivity contribution is -0.139. The first-order valence-electron chi connectivity index (χ1n) is 8.72. The standard InChI is InChI=1S/C22H19NO5/c1-14(24)28-19-8-4-7-18(13-19)21(25)23-20(22(26)27)12-15-9-10-16-5-2-3-6-17(16)11-15/h2-11,13,20H,12H2,1H3,(H,23,25)(H,26,27)/t20-/m0/s1. The van der Waals surface area contributed by atoms with Crippen molar-refractivity contribution in [2.75, 3.05) is 0 Å². The van der Waals surface area contributed by atoms with Gasteiger partial charge in [-0.2, -0.15) is 0 Å². The van der Waals surface area contributed by atoms with Crippen LogP contribution in [0.4, 0.5) is 0 Å². The summed E-state index contributed by atoms with van der Waals surface area (Å²) in [5, 5.41) is 14.1. The van der Waals surface area contributed by atoms with E-state index in [-0.39, 0.29) is 17.7 Å². The molecule has 28 heavy (non-hydrogen) atoms. The molecule has 0 saturated carbocycles. The van der Waals surface area contributed by atoms with E-state index in [1.54, 1.807) is 12.1 Å². The summed E-state index contributed by atoms with van der Waals surface area (Å²) in [6.45, 7) is 1.26. The van der Waals surface area contributed by atoms with Crippen LogP contribution in [0.3, 0.4) is 0 Å². The van der Waals surface area contributed by atoms with Gasteiger partial charge >= 0.3 is 11.9 Å². The average Bonchev–Trinajstić information content (AvgIpc) is 2.67. The van der Waals surface area contributed by atoms with E-state index in [9.17, 15) is 19.5 Å². The van der Waals surface area contributed by atoms with Crippen molar-refractivity contribution in [3.8, 4) is 5.75 Å². The molecule has 0 aliphatic heterocycles. The minimum absolute atomic E-state index is 0.148. The summed E-state index contributed by atoms with van der Waals surface area (Å²) in [6, 6.07) is 18.4. The van der Waals surface area contributed by atoms with Gasteiger partial charge in [0.05, 0.1) is 0 Å². The van der Waals surface area contributed by atoms with Crippen molar-refractivity contribution >= 4 is 28.6 Å². The number of hydrogen-bond donors (Lipinski definition) is 2. The van der Waals surface area contributed by atoms with Gasteiger partial charge in [0.2, 0.25) is 0 Å². The van der Waals surface area contributed by atoms with Crippen molar-refractivity contribution in [3.63, 3.8) is 0 Å². The number of rotatable bonds is 6. The fraction of sp³-hybridized carbons (Fsp3) is 0.136. The van der Waals surface area contributed by atoms with E-state index in [4.69, 9.17) is 4.74 Å². The Morgan fingerprint density at radius 3 is 2.43 bits per heavy atom. The van der Waals surface area contributed by atoms with Crippen LogP contribution in [-0.2, 0) is 16.0 Å². The molecule has 6 nitrogen and oxygen atoms in total. The molecule has 2 N–H and O–H groups in total. The van der Waals surface area contributed by atoms with Crippen LogP contribution in [-0.4, -0.2) is 29.0 Å². The topological polar surface area (TPSA) is 92.7 Å². The average molecular weight is 377 g/mol. The number of hydrogen-bond acceptors (Lipinski definition) is 4. The van der Waals surface area contributed by atoms with Crippen LogP contribution in [0.2, 0.25) is 0 Å². The van der Waals surface area contributed by atoms with Crippen LogP contribution in [0.5, 0.6) is 5.75 Å². The molecule has 0 aliphatic carbocycles. The Morgan fingerprint density at radius 1 is 0.964 bits per heavy atom. The zero-order valence-electron chi connectivity index (χ0n) is 15.2. The molecule has 0 bridgehead atoms. The van der Waals surface area contributed by atoms with Gasteiger partial charge in [0.25, 0.3) is 5.91 Å². The summed E-state index contributed by atoms with van der Waals surface area (Å²) < 4.78 is 4.96. The van der Waals surface area contributed by atoms with Gasteiger partial charge in [-0.1, -0.05) is 48.5 Å². The van der Waals surface area contributed by atoms with Crippen LogP contribution in [0.15, 0.2) is 66.7 Å². The van der Waals surface area contributed by atoms with Crippen LogP contribution in [0, 0.1) is 0 Å². The molecule has 1 amide bonds. The zero-order chi connectivity index (χ0) is 20.1. The number of fused-ring (bicyclic) bond motifs is 1. The number of aliphatic carboxylic acids is 1. The minimum atomic E-state index is -1.13. The van der Waals surface area contributed by atoms with E-state index in [1.165, 1.54) is 19.1 Å². The van der Waals surface area contributed by atoms with Crippen molar-refractivity contribution in [3.05, 3.63) is 77.9 Å². The lowest BCUT2D eigenvalue weighted by Crippen LogP contribution is -2.42. The SMILES string of the molecule is CC(=O)Oc1cccc(C(=O)N[C@@H](Cc2ccc3ccccc3c2)C(=O)O)c1. The number of amides is 1. The maximum absolute atomic E-state index is 12.5. The number of esters is 1. The summed E-state index contributed by atoms with van der Waals surface area (Å²) >= 11 is 0. The Morgan fingerprint density at radius 2 is 1.71 bits per heavy atom. The van der Waals surface area contributed by atoms with E-state index in [0.29, 0.717) is 0 Å². The van der Waals surface area contributed by atoms with Crippen molar-refractivity contribution in [1.82, 2.24) is 5.32 Å². The van der Waals surface area contributed by atoms with Gasteiger partial charge in [0.1, 0.15) is 11.8 Å². The van der Waals surface area contributed by atoms with Gasteiger partial charge in [-0.15, -0.1) is 0 Å². The third-order valence-electron chi connectivity index (χ3n) is 4.21. The summed E-state index contributed by atoms with van der Waals surface area (Å²) in [4.78, 5) is 35.2. The molecule has 0 fully saturated rings. The maximum Gasteiger partial charge on any atom is 0.326 e. The molecule has 0 unspecified atom stereocenters. The van der Waals surface area contributed by atoms with Crippen molar-refractivity contribution in [2.45, 2.75) is 19.4 Å². The molecule has 1 atom stereocenters. The van der Waals surface area contributed by atoms with Crippen LogP contribution in [0.1, 0.15) is 22.8 Å². The van der Waals surface area contributed by atoms with Gasteiger partial charge in [-0.25, -0.2) is 4.79 Å².